The van der Waals surface area contributed by atoms with Crippen molar-refractivity contribution in [3.63, 3.8) is 0 Å². The molecule has 1 rings (SSSR count). The van der Waals surface area contributed by atoms with E-state index in [0.717, 1.165) is 0 Å². The number of carboxylic acid groups (broad SMARTS) is 1. The molecule has 11 nitrogen and oxygen atoms in total. The average Bonchev–Trinajstić information content (AvgIpc) is 3.13. The van der Waals surface area contributed by atoms with Crippen molar-refractivity contribution in [2.75, 3.05) is 18.1 Å². The minimum Gasteiger partial charge on any atom is -0.480 e. The molecule has 1 heterocycles. The molecule has 4 atom stereocenters. The van der Waals surface area contributed by atoms with E-state index in [4.69, 9.17) is 16.6 Å². The van der Waals surface area contributed by atoms with Gasteiger partial charge in [-0.2, -0.15) is 25.3 Å². The first kappa shape index (κ1) is 24.0. The molecule has 1 saturated heterocycles. The topological polar surface area (TPSA) is 185 Å². The summed E-state index contributed by atoms with van der Waals surface area (Å²) in [6.07, 6.45) is 0.336. The molecule has 0 aliphatic carbocycles. The number of carbonyl (C=O) groups excluding carboxylic acids is 4. The summed E-state index contributed by atoms with van der Waals surface area (Å²) in [7, 11) is 0. The molecule has 7 N–H and O–H groups in total. The molecule has 0 bridgehead atoms. The van der Waals surface area contributed by atoms with Crippen molar-refractivity contribution in [2.45, 2.75) is 43.4 Å². The molecule has 28 heavy (non-hydrogen) atoms. The van der Waals surface area contributed by atoms with Crippen LogP contribution in [0.4, 0.5) is 0 Å². The summed E-state index contributed by atoms with van der Waals surface area (Å²) in [6, 6.07) is -4.41. The number of amides is 4. The van der Waals surface area contributed by atoms with Crippen LogP contribution in [0.2, 0.25) is 0 Å². The molecule has 0 aromatic carbocycles. The number of carbonyl (C=O) groups is 5. The Morgan fingerprint density at radius 2 is 1.75 bits per heavy atom. The third-order valence-electron chi connectivity index (χ3n) is 4.19. The quantitative estimate of drug-likeness (QED) is 0.179. The maximum absolute atomic E-state index is 12.9. The number of rotatable bonds is 10. The highest BCUT2D eigenvalue weighted by atomic mass is 32.1. The van der Waals surface area contributed by atoms with E-state index in [1.165, 1.54) is 4.90 Å². The first-order valence-corrected chi connectivity index (χ1v) is 9.78. The summed E-state index contributed by atoms with van der Waals surface area (Å²) in [5, 5.41) is 13.7. The zero-order valence-corrected chi connectivity index (χ0v) is 16.8. The molecule has 4 amide bonds. The smallest absolute Gasteiger partial charge is 0.327 e. The molecule has 0 saturated carbocycles. The normalized spacial score (nSPS) is 19.4. The second-order valence-corrected chi connectivity index (χ2v) is 7.02. The van der Waals surface area contributed by atoms with Gasteiger partial charge in [0.1, 0.15) is 18.1 Å². The number of thiol groups is 2. The molecule has 1 aliphatic heterocycles. The van der Waals surface area contributed by atoms with Gasteiger partial charge >= 0.3 is 5.97 Å². The molecule has 1 aliphatic rings. The van der Waals surface area contributed by atoms with Gasteiger partial charge in [-0.15, -0.1) is 0 Å². The van der Waals surface area contributed by atoms with Gasteiger partial charge < -0.3 is 32.1 Å². The standard InChI is InChI=1S/C15H25N5O6S2/c16-7(5-27)12(22)18-8(4-11(17)21)14(24)20-3-1-2-10(20)13(23)19-9(6-28)15(25)26/h7-10,27-28H,1-6,16H2,(H2,17,21)(H,18,22)(H,19,23)(H,25,26). The Bertz CT molecular complexity index is 634. The predicted octanol–water partition coefficient (Wildman–Crippen LogP) is -2.91. The van der Waals surface area contributed by atoms with E-state index in [1.54, 1.807) is 0 Å². The number of likely N-dealkylation sites (tertiary alicyclic amines) is 1. The minimum absolute atomic E-state index is 0.0262. The largest absolute Gasteiger partial charge is 0.480 e. The summed E-state index contributed by atoms with van der Waals surface area (Å²) in [5.74, 6) is -4.17. The first-order valence-electron chi connectivity index (χ1n) is 8.52. The van der Waals surface area contributed by atoms with Crippen LogP contribution >= 0.6 is 25.3 Å². The maximum Gasteiger partial charge on any atom is 0.327 e. The van der Waals surface area contributed by atoms with Crippen molar-refractivity contribution in [3.8, 4) is 0 Å². The number of aliphatic carboxylic acids is 1. The maximum atomic E-state index is 12.9. The van der Waals surface area contributed by atoms with Crippen LogP contribution in [0.1, 0.15) is 19.3 Å². The number of hydrogen-bond donors (Lipinski definition) is 7. The Hall–Kier alpha value is -1.99. The lowest BCUT2D eigenvalue weighted by Gasteiger charge is -2.29. The Labute approximate surface area is 172 Å². The van der Waals surface area contributed by atoms with Crippen molar-refractivity contribution in [1.82, 2.24) is 15.5 Å². The van der Waals surface area contributed by atoms with E-state index < -0.39 is 60.2 Å². The lowest BCUT2D eigenvalue weighted by atomic mass is 10.1. The van der Waals surface area contributed by atoms with Gasteiger partial charge in [0, 0.05) is 18.1 Å². The van der Waals surface area contributed by atoms with Crippen LogP contribution in [0.5, 0.6) is 0 Å². The Kier molecular flexibility index (Phi) is 9.55. The molecular formula is C15H25N5O6S2. The van der Waals surface area contributed by atoms with Gasteiger partial charge in [-0.1, -0.05) is 0 Å². The number of nitrogens with one attached hydrogen (secondary N) is 2. The molecular weight excluding hydrogens is 410 g/mol. The highest BCUT2D eigenvalue weighted by molar-refractivity contribution is 7.80. The number of nitrogens with two attached hydrogens (primary N) is 2. The van der Waals surface area contributed by atoms with Crippen molar-refractivity contribution < 1.29 is 29.1 Å². The monoisotopic (exact) mass is 435 g/mol. The zero-order chi connectivity index (χ0) is 21.4. The van der Waals surface area contributed by atoms with Gasteiger partial charge in [0.05, 0.1) is 12.5 Å². The van der Waals surface area contributed by atoms with Gasteiger partial charge in [-0.3, -0.25) is 19.2 Å². The second kappa shape index (κ2) is 11.1. The molecule has 0 radical (unpaired) electrons. The fraction of sp³-hybridized carbons (Fsp3) is 0.667. The van der Waals surface area contributed by atoms with E-state index in [9.17, 15) is 24.0 Å². The predicted molar refractivity (Wildman–Crippen MR) is 106 cm³/mol. The van der Waals surface area contributed by atoms with Crippen LogP contribution in [-0.4, -0.2) is 81.8 Å². The SMILES string of the molecule is NC(=O)CC(NC(=O)C(N)CS)C(=O)N1CCCC1C(=O)NC(CS)C(=O)O. The van der Waals surface area contributed by atoms with E-state index >= 15 is 0 Å². The summed E-state index contributed by atoms with van der Waals surface area (Å²) in [4.78, 5) is 60.9. The molecule has 4 unspecified atom stereocenters. The molecule has 13 heteroatoms. The number of primary amides is 1. The lowest BCUT2D eigenvalue weighted by molar-refractivity contribution is -0.145. The van der Waals surface area contributed by atoms with E-state index in [0.29, 0.717) is 12.8 Å². The van der Waals surface area contributed by atoms with Gasteiger partial charge in [0.15, 0.2) is 0 Å². The summed E-state index contributed by atoms with van der Waals surface area (Å²) in [6.45, 7) is 0.208. The summed E-state index contributed by atoms with van der Waals surface area (Å²) < 4.78 is 0. The van der Waals surface area contributed by atoms with Crippen LogP contribution in [0.3, 0.4) is 0 Å². The van der Waals surface area contributed by atoms with E-state index in [-0.39, 0.29) is 18.1 Å². The Morgan fingerprint density at radius 1 is 1.11 bits per heavy atom. The van der Waals surface area contributed by atoms with Gasteiger partial charge in [0.2, 0.25) is 23.6 Å². The van der Waals surface area contributed by atoms with E-state index in [1.807, 2.05) is 0 Å². The summed E-state index contributed by atoms with van der Waals surface area (Å²) in [5.41, 5.74) is 10.7. The number of carboxylic acids is 1. The van der Waals surface area contributed by atoms with Crippen LogP contribution in [0.15, 0.2) is 0 Å². The average molecular weight is 436 g/mol. The molecule has 0 aromatic heterocycles. The van der Waals surface area contributed by atoms with Crippen molar-refractivity contribution >= 4 is 54.9 Å². The molecule has 0 spiro atoms. The first-order chi connectivity index (χ1) is 13.1. The van der Waals surface area contributed by atoms with Crippen molar-refractivity contribution in [3.05, 3.63) is 0 Å². The van der Waals surface area contributed by atoms with Crippen molar-refractivity contribution in [1.29, 1.82) is 0 Å². The molecule has 0 aromatic rings. The third kappa shape index (κ3) is 6.56. The molecule has 158 valence electrons. The van der Waals surface area contributed by atoms with Crippen LogP contribution in [0.25, 0.3) is 0 Å². The fourth-order valence-corrected chi connectivity index (χ4v) is 3.13. The Morgan fingerprint density at radius 3 is 2.25 bits per heavy atom. The van der Waals surface area contributed by atoms with Gasteiger partial charge in [-0.05, 0) is 12.8 Å². The second-order valence-electron chi connectivity index (χ2n) is 6.29. The van der Waals surface area contributed by atoms with Crippen LogP contribution in [0, 0.1) is 0 Å². The minimum atomic E-state index is -1.29. The molecule has 1 fully saturated rings. The lowest BCUT2D eigenvalue weighted by Crippen LogP contribution is -2.57. The van der Waals surface area contributed by atoms with Crippen LogP contribution < -0.4 is 22.1 Å². The highest BCUT2D eigenvalue weighted by Gasteiger charge is 2.39. The number of nitrogens with zero attached hydrogens (tertiary/aromatic N) is 1. The van der Waals surface area contributed by atoms with Gasteiger partial charge in [-0.25, -0.2) is 4.79 Å². The Balaban J connectivity index is 2.93. The zero-order valence-electron chi connectivity index (χ0n) is 15.0. The summed E-state index contributed by atoms with van der Waals surface area (Å²) >= 11 is 7.78. The fourth-order valence-electron chi connectivity index (χ4n) is 2.72. The highest BCUT2D eigenvalue weighted by Crippen LogP contribution is 2.19. The van der Waals surface area contributed by atoms with E-state index in [2.05, 4.69) is 35.9 Å². The van der Waals surface area contributed by atoms with Gasteiger partial charge in [0.25, 0.3) is 0 Å². The van der Waals surface area contributed by atoms with Crippen molar-refractivity contribution in [2.24, 2.45) is 11.5 Å². The number of hydrogen-bond acceptors (Lipinski definition) is 8. The third-order valence-corrected chi connectivity index (χ3v) is 4.95. The van der Waals surface area contributed by atoms with Crippen LogP contribution in [-0.2, 0) is 24.0 Å².